The third-order valence-electron chi connectivity index (χ3n) is 8.05. The van der Waals surface area contributed by atoms with Crippen molar-refractivity contribution in [2.75, 3.05) is 18.2 Å². The zero-order valence-electron chi connectivity index (χ0n) is 25.9. The molecule has 0 aromatic heterocycles. The number of nitrogens with two attached hydrogens (primary N) is 1. The van der Waals surface area contributed by atoms with Gasteiger partial charge in [0, 0.05) is 22.5 Å². The Kier molecular flexibility index (Phi) is 10.6. The summed E-state index contributed by atoms with van der Waals surface area (Å²) >= 11 is 1.47. The average molecular weight is 619 g/mol. The van der Waals surface area contributed by atoms with Gasteiger partial charge in [-0.3, -0.25) is 14.4 Å². The number of nitrogens with one attached hydrogen (secondary N) is 2. The number of aliphatic hydroxyl groups is 1. The fourth-order valence-corrected chi connectivity index (χ4v) is 6.51. The van der Waals surface area contributed by atoms with E-state index >= 15 is 0 Å². The number of anilines is 1. The van der Waals surface area contributed by atoms with E-state index in [1.807, 2.05) is 76.2 Å². The van der Waals surface area contributed by atoms with Crippen molar-refractivity contribution in [3.05, 3.63) is 94.5 Å². The molecule has 0 saturated carbocycles. The first-order valence-corrected chi connectivity index (χ1v) is 15.7. The first-order chi connectivity index (χ1) is 20.9. The quantitative estimate of drug-likeness (QED) is 0.239. The number of nitrogen functional groups attached to an aromatic ring is 1. The van der Waals surface area contributed by atoms with Crippen molar-refractivity contribution in [2.45, 2.75) is 70.5 Å². The van der Waals surface area contributed by atoms with Crippen molar-refractivity contribution in [1.82, 2.24) is 15.5 Å². The SMILES string of the molecule is CCOc1ccc(C[C@H](NC(=O)c2cccc(N)c2C)[C@H](O)C(=O)N2CSC(C)(C)[C@H]2C(=O)NCc2ccccc2C)cc1. The summed E-state index contributed by atoms with van der Waals surface area (Å²) in [5, 5.41) is 17.4. The molecule has 44 heavy (non-hydrogen) atoms. The predicted molar refractivity (Wildman–Crippen MR) is 174 cm³/mol. The predicted octanol–water partition coefficient (Wildman–Crippen LogP) is 3.98. The highest BCUT2D eigenvalue weighted by atomic mass is 32.2. The number of carbonyl (C=O) groups is 3. The van der Waals surface area contributed by atoms with Gasteiger partial charge >= 0.3 is 0 Å². The topological polar surface area (TPSA) is 134 Å². The normalized spacial score (nSPS) is 17.0. The van der Waals surface area contributed by atoms with Gasteiger partial charge in [-0.2, -0.15) is 0 Å². The highest BCUT2D eigenvalue weighted by Crippen LogP contribution is 2.40. The summed E-state index contributed by atoms with van der Waals surface area (Å²) in [7, 11) is 0. The number of thioether (sulfide) groups is 1. The molecule has 1 heterocycles. The van der Waals surface area contributed by atoms with Gasteiger partial charge in [0.15, 0.2) is 6.10 Å². The molecule has 0 radical (unpaired) electrons. The van der Waals surface area contributed by atoms with Crippen LogP contribution < -0.4 is 21.1 Å². The van der Waals surface area contributed by atoms with Gasteiger partial charge in [-0.1, -0.05) is 42.5 Å². The highest BCUT2D eigenvalue weighted by Gasteiger charge is 2.49. The summed E-state index contributed by atoms with van der Waals surface area (Å²) in [4.78, 5) is 42.4. The average Bonchev–Trinajstić information content (AvgIpc) is 3.32. The number of rotatable bonds is 11. The number of amides is 3. The largest absolute Gasteiger partial charge is 0.494 e. The first-order valence-electron chi connectivity index (χ1n) is 14.7. The summed E-state index contributed by atoms with van der Waals surface area (Å²) in [6.07, 6.45) is -1.45. The standard InChI is InChI=1S/C34H42N4O5S/c1-6-43-25-16-14-23(15-17-25)18-28(37-31(40)26-12-9-13-27(35)22(26)3)29(39)33(42)38-20-44-34(4,5)30(38)32(41)36-19-24-11-8-7-10-21(24)2/h7-17,28-30,39H,6,18-20,35H2,1-5H3,(H,36,41)(H,37,40)/t28-,29-,30+/m0/s1. The molecule has 3 atom stereocenters. The van der Waals surface area contributed by atoms with E-state index in [4.69, 9.17) is 10.5 Å². The number of carbonyl (C=O) groups excluding carboxylic acids is 3. The van der Waals surface area contributed by atoms with E-state index in [-0.39, 0.29) is 18.2 Å². The van der Waals surface area contributed by atoms with Crippen LogP contribution in [0.4, 0.5) is 5.69 Å². The van der Waals surface area contributed by atoms with Gasteiger partial charge in [0.1, 0.15) is 11.8 Å². The number of aliphatic hydroxyl groups excluding tert-OH is 1. The molecular formula is C34H42N4O5S. The van der Waals surface area contributed by atoms with E-state index in [0.29, 0.717) is 35.7 Å². The van der Waals surface area contributed by atoms with E-state index in [0.717, 1.165) is 16.7 Å². The Labute approximate surface area is 263 Å². The highest BCUT2D eigenvalue weighted by molar-refractivity contribution is 8.00. The van der Waals surface area contributed by atoms with Gasteiger partial charge in [-0.05, 0) is 87.6 Å². The zero-order chi connectivity index (χ0) is 32.0. The number of aryl methyl sites for hydroxylation is 1. The molecule has 4 rings (SSSR count). The van der Waals surface area contributed by atoms with Crippen LogP contribution in [-0.4, -0.2) is 63.1 Å². The lowest BCUT2D eigenvalue weighted by atomic mass is 9.96. The summed E-state index contributed by atoms with van der Waals surface area (Å²) in [5.41, 5.74) is 10.3. The maximum atomic E-state index is 14.0. The monoisotopic (exact) mass is 618 g/mol. The molecule has 0 bridgehead atoms. The van der Waals surface area contributed by atoms with Crippen LogP contribution in [0.5, 0.6) is 5.75 Å². The molecule has 234 valence electrons. The lowest BCUT2D eigenvalue weighted by molar-refractivity contribution is -0.147. The second-order valence-corrected chi connectivity index (χ2v) is 13.2. The fourth-order valence-electron chi connectivity index (χ4n) is 5.37. The molecule has 0 aliphatic carbocycles. The number of nitrogens with zero attached hydrogens (tertiary/aromatic N) is 1. The molecule has 9 nitrogen and oxygen atoms in total. The Morgan fingerprint density at radius 2 is 1.77 bits per heavy atom. The summed E-state index contributed by atoms with van der Waals surface area (Å²) in [6, 6.07) is 18.3. The second kappa shape index (κ2) is 14.2. The van der Waals surface area contributed by atoms with Crippen LogP contribution in [0, 0.1) is 13.8 Å². The summed E-state index contributed by atoms with van der Waals surface area (Å²) < 4.78 is 4.94. The van der Waals surface area contributed by atoms with Crippen molar-refractivity contribution in [3.63, 3.8) is 0 Å². The number of hydrogen-bond acceptors (Lipinski definition) is 7. The maximum Gasteiger partial charge on any atom is 0.254 e. The molecule has 3 aromatic carbocycles. The van der Waals surface area contributed by atoms with Gasteiger partial charge in [-0.25, -0.2) is 0 Å². The minimum Gasteiger partial charge on any atom is -0.494 e. The Bertz CT molecular complexity index is 1490. The molecule has 10 heteroatoms. The van der Waals surface area contributed by atoms with Crippen LogP contribution in [0.25, 0.3) is 0 Å². The van der Waals surface area contributed by atoms with Crippen LogP contribution in [0.15, 0.2) is 66.7 Å². The molecule has 1 fully saturated rings. The van der Waals surface area contributed by atoms with Crippen molar-refractivity contribution < 1.29 is 24.2 Å². The molecule has 0 spiro atoms. The van der Waals surface area contributed by atoms with E-state index in [1.165, 1.54) is 16.7 Å². The summed E-state index contributed by atoms with van der Waals surface area (Å²) in [5.74, 6) is -0.462. The smallest absolute Gasteiger partial charge is 0.254 e. The van der Waals surface area contributed by atoms with Gasteiger partial charge in [0.25, 0.3) is 11.8 Å². The molecule has 3 amide bonds. The van der Waals surface area contributed by atoms with Gasteiger partial charge in [0.05, 0.1) is 18.5 Å². The van der Waals surface area contributed by atoms with Gasteiger partial charge < -0.3 is 31.1 Å². The van der Waals surface area contributed by atoms with Crippen molar-refractivity contribution in [3.8, 4) is 5.75 Å². The van der Waals surface area contributed by atoms with Crippen molar-refractivity contribution in [1.29, 1.82) is 0 Å². The lowest BCUT2D eigenvalue weighted by Gasteiger charge is -2.33. The van der Waals surface area contributed by atoms with E-state index in [2.05, 4.69) is 10.6 Å². The van der Waals surface area contributed by atoms with Gasteiger partial charge in [0.2, 0.25) is 5.91 Å². The minimum atomic E-state index is -1.62. The first kappa shape index (κ1) is 32.9. The maximum absolute atomic E-state index is 14.0. The molecular weight excluding hydrogens is 576 g/mol. The van der Waals surface area contributed by atoms with Gasteiger partial charge in [-0.15, -0.1) is 11.8 Å². The van der Waals surface area contributed by atoms with Crippen molar-refractivity contribution in [2.24, 2.45) is 0 Å². The van der Waals surface area contributed by atoms with Crippen molar-refractivity contribution >= 4 is 35.2 Å². The number of hydrogen-bond donors (Lipinski definition) is 4. The Hall–Kier alpha value is -4.02. The number of benzene rings is 3. The fraction of sp³-hybridized carbons (Fsp3) is 0.382. The molecule has 1 saturated heterocycles. The minimum absolute atomic E-state index is 0.168. The summed E-state index contributed by atoms with van der Waals surface area (Å²) in [6.45, 7) is 10.3. The molecule has 1 aliphatic rings. The van der Waals surface area contributed by atoms with Crippen LogP contribution in [-0.2, 0) is 22.6 Å². The Morgan fingerprint density at radius 3 is 2.45 bits per heavy atom. The Morgan fingerprint density at radius 1 is 1.07 bits per heavy atom. The van der Waals surface area contributed by atoms with E-state index in [9.17, 15) is 19.5 Å². The van der Waals surface area contributed by atoms with E-state index in [1.54, 1.807) is 25.1 Å². The third kappa shape index (κ3) is 7.54. The molecule has 5 N–H and O–H groups in total. The number of ether oxygens (including phenoxy) is 1. The van der Waals surface area contributed by atoms with Crippen LogP contribution in [0.1, 0.15) is 53.4 Å². The second-order valence-electron chi connectivity index (χ2n) is 11.6. The zero-order valence-corrected chi connectivity index (χ0v) is 26.7. The van der Waals surface area contributed by atoms with Crippen LogP contribution in [0.3, 0.4) is 0 Å². The van der Waals surface area contributed by atoms with Crippen LogP contribution in [0.2, 0.25) is 0 Å². The lowest BCUT2D eigenvalue weighted by Crippen LogP contribution is -2.58. The van der Waals surface area contributed by atoms with Crippen LogP contribution >= 0.6 is 11.8 Å². The Balaban J connectivity index is 1.57. The molecule has 1 aliphatic heterocycles. The molecule has 3 aromatic rings. The van der Waals surface area contributed by atoms with E-state index < -0.39 is 34.7 Å². The third-order valence-corrected chi connectivity index (χ3v) is 9.43. The molecule has 0 unspecified atom stereocenters.